The van der Waals surface area contributed by atoms with Crippen LogP contribution < -0.4 is 0 Å². The average molecular weight is 421 g/mol. The highest BCUT2D eigenvalue weighted by atomic mass is 28.4. The molecule has 1 aliphatic carbocycles. The first-order valence-corrected chi connectivity index (χ1v) is 14.0. The molecule has 1 heterocycles. The Balaban J connectivity index is 1.90. The van der Waals surface area contributed by atoms with Gasteiger partial charge in [-0.2, -0.15) is 0 Å². The van der Waals surface area contributed by atoms with Gasteiger partial charge >= 0.3 is 0 Å². The van der Waals surface area contributed by atoms with E-state index in [0.29, 0.717) is 23.1 Å². The van der Waals surface area contributed by atoms with Crippen molar-refractivity contribution in [2.24, 2.45) is 5.92 Å². The van der Waals surface area contributed by atoms with E-state index in [1.807, 2.05) is 30.3 Å². The Morgan fingerprint density at radius 2 is 1.57 bits per heavy atom. The minimum Gasteiger partial charge on any atom is -0.454 e. The number of carbonyl (C=O) groups excluding carboxylic acids is 2. The number of hydrogen-bond acceptors (Lipinski definition) is 4. The van der Waals surface area contributed by atoms with Gasteiger partial charge in [0.05, 0.1) is 0 Å². The number of fused-ring (bicyclic) bond motifs is 1. The van der Waals surface area contributed by atoms with Crippen LogP contribution in [-0.2, 0) is 14.9 Å². The van der Waals surface area contributed by atoms with Crippen molar-refractivity contribution in [3.63, 3.8) is 0 Å². The molecule has 156 valence electrons. The number of Topliss-reactive ketones (excluding diaryl/α,β-unsaturated/α-hetero) is 2. The molecule has 0 radical (unpaired) electrons. The molecule has 0 spiro atoms. The molecule has 0 unspecified atom stereocenters. The second-order valence-corrected chi connectivity index (χ2v) is 13.5. The smallest absolute Gasteiger partial charge is 0.229 e. The predicted molar refractivity (Wildman–Crippen MR) is 119 cm³/mol. The normalized spacial score (nSPS) is 23.7. The van der Waals surface area contributed by atoms with Crippen LogP contribution in [0.1, 0.15) is 52.5 Å². The summed E-state index contributed by atoms with van der Waals surface area (Å²) in [6.45, 7) is 8.44. The van der Waals surface area contributed by atoms with Gasteiger partial charge in [0.25, 0.3) is 0 Å². The molecule has 0 saturated heterocycles. The molecule has 1 aliphatic heterocycles. The molecule has 30 heavy (non-hydrogen) atoms. The van der Waals surface area contributed by atoms with E-state index in [1.54, 1.807) is 24.3 Å². The number of ketones is 2. The highest BCUT2D eigenvalue weighted by molar-refractivity contribution is 6.69. The summed E-state index contributed by atoms with van der Waals surface area (Å²) in [4.78, 5) is 26.8. The molecular weight excluding hydrogens is 392 g/mol. The monoisotopic (exact) mass is 420 g/mol. The van der Waals surface area contributed by atoms with Gasteiger partial charge in [-0.05, 0) is 32.0 Å². The lowest BCUT2D eigenvalue weighted by molar-refractivity contribution is -0.188. The molecule has 0 amide bonds. The molecule has 0 saturated carbocycles. The summed E-state index contributed by atoms with van der Waals surface area (Å²) < 4.78 is 13.1. The van der Waals surface area contributed by atoms with Crippen molar-refractivity contribution in [3.05, 3.63) is 82.6 Å². The zero-order valence-corrected chi connectivity index (χ0v) is 19.0. The Hall–Kier alpha value is -2.50. The zero-order valence-electron chi connectivity index (χ0n) is 18.0. The van der Waals surface area contributed by atoms with Crippen LogP contribution in [0.15, 0.2) is 65.9 Å². The third-order valence-electron chi connectivity index (χ3n) is 5.62. The van der Waals surface area contributed by atoms with Gasteiger partial charge in [-0.1, -0.05) is 67.9 Å². The van der Waals surface area contributed by atoms with E-state index < -0.39 is 14.1 Å². The summed E-state index contributed by atoms with van der Waals surface area (Å²) in [5.74, 6) is -1.30. The summed E-state index contributed by atoms with van der Waals surface area (Å²) >= 11 is 0. The standard InChI is InChI=1S/C25H28O4Si/c1-5-11-17-16-25(29-30(2,3)4,18-12-7-6-8-13-18)28-24-21(17)22(26)19-14-9-10-15-20(19)23(24)27/h6-10,12-15,17H,5,11,16H2,1-4H3/t17-,25+/m1/s1. The second kappa shape index (κ2) is 7.64. The Labute approximate surface area is 179 Å². The third kappa shape index (κ3) is 3.57. The summed E-state index contributed by atoms with van der Waals surface area (Å²) in [6.07, 6.45) is 2.23. The summed E-state index contributed by atoms with van der Waals surface area (Å²) in [5, 5.41) is 0. The number of carbonyl (C=O) groups is 2. The molecule has 0 bridgehead atoms. The van der Waals surface area contributed by atoms with Gasteiger partial charge in [0.1, 0.15) is 0 Å². The fraction of sp³-hybridized carbons (Fsp3) is 0.360. The lowest BCUT2D eigenvalue weighted by atomic mass is 9.75. The first kappa shape index (κ1) is 20.8. The minimum absolute atomic E-state index is 0.0895. The molecule has 2 aromatic rings. The van der Waals surface area contributed by atoms with Crippen molar-refractivity contribution in [3.8, 4) is 0 Å². The van der Waals surface area contributed by atoms with Crippen LogP contribution in [0.4, 0.5) is 0 Å². The molecule has 4 nitrogen and oxygen atoms in total. The first-order chi connectivity index (χ1) is 14.3. The largest absolute Gasteiger partial charge is 0.454 e. The number of ether oxygens (including phenoxy) is 1. The summed E-state index contributed by atoms with van der Waals surface area (Å²) in [6, 6.07) is 16.9. The first-order valence-electron chi connectivity index (χ1n) is 10.6. The minimum atomic E-state index is -2.06. The van der Waals surface area contributed by atoms with Crippen molar-refractivity contribution >= 4 is 19.9 Å². The molecule has 2 aliphatic rings. The van der Waals surface area contributed by atoms with Crippen LogP contribution in [0.25, 0.3) is 0 Å². The molecule has 0 aromatic heterocycles. The molecule has 0 fully saturated rings. The van der Waals surface area contributed by atoms with E-state index in [4.69, 9.17) is 9.16 Å². The molecule has 5 heteroatoms. The van der Waals surface area contributed by atoms with Crippen molar-refractivity contribution in [2.75, 3.05) is 0 Å². The van der Waals surface area contributed by atoms with E-state index in [-0.39, 0.29) is 23.2 Å². The van der Waals surface area contributed by atoms with Gasteiger partial charge in [0.2, 0.25) is 11.6 Å². The quantitative estimate of drug-likeness (QED) is 0.569. The van der Waals surface area contributed by atoms with Crippen molar-refractivity contribution in [2.45, 2.75) is 51.6 Å². The van der Waals surface area contributed by atoms with Crippen LogP contribution in [0.5, 0.6) is 0 Å². The second-order valence-electron chi connectivity index (χ2n) is 9.07. The Morgan fingerprint density at radius 3 is 2.17 bits per heavy atom. The third-order valence-corrected chi connectivity index (χ3v) is 6.57. The number of rotatable bonds is 5. The Bertz CT molecular complexity index is 1020. The van der Waals surface area contributed by atoms with Gasteiger partial charge in [-0.15, -0.1) is 0 Å². The Morgan fingerprint density at radius 1 is 0.967 bits per heavy atom. The highest BCUT2D eigenvalue weighted by Gasteiger charge is 2.51. The van der Waals surface area contributed by atoms with Crippen molar-refractivity contribution in [1.29, 1.82) is 0 Å². The van der Waals surface area contributed by atoms with E-state index >= 15 is 0 Å². The maximum absolute atomic E-state index is 13.5. The molecule has 0 N–H and O–H groups in total. The van der Waals surface area contributed by atoms with E-state index in [0.717, 1.165) is 18.4 Å². The molecule has 2 atom stereocenters. The molecule has 4 rings (SSSR count). The number of allylic oxidation sites excluding steroid dienone is 2. The van der Waals surface area contributed by atoms with Crippen LogP contribution >= 0.6 is 0 Å². The van der Waals surface area contributed by atoms with E-state index in [2.05, 4.69) is 26.6 Å². The average Bonchev–Trinajstić information content (AvgIpc) is 2.71. The van der Waals surface area contributed by atoms with E-state index in [9.17, 15) is 9.59 Å². The van der Waals surface area contributed by atoms with Gasteiger partial charge in [0, 0.05) is 28.7 Å². The number of benzene rings is 2. The summed E-state index contributed by atoms with van der Waals surface area (Å²) in [7, 11) is -2.06. The van der Waals surface area contributed by atoms with Gasteiger partial charge in [-0.3, -0.25) is 9.59 Å². The molecule has 2 aromatic carbocycles. The fourth-order valence-electron chi connectivity index (χ4n) is 4.56. The van der Waals surface area contributed by atoms with Crippen molar-refractivity contribution in [1.82, 2.24) is 0 Å². The van der Waals surface area contributed by atoms with Crippen LogP contribution in [-0.4, -0.2) is 19.9 Å². The van der Waals surface area contributed by atoms with E-state index in [1.165, 1.54) is 0 Å². The van der Waals surface area contributed by atoms with Gasteiger partial charge < -0.3 is 9.16 Å². The van der Waals surface area contributed by atoms with Crippen LogP contribution in [0, 0.1) is 5.92 Å². The lowest BCUT2D eigenvalue weighted by Gasteiger charge is -2.46. The SMILES string of the molecule is CCC[C@@H]1C[C@](O[Si](C)(C)C)(c2ccccc2)OC2=C1C(=O)c1ccccc1C2=O. The maximum Gasteiger partial charge on any atom is 0.229 e. The predicted octanol–water partition coefficient (Wildman–Crippen LogP) is 5.86. The Kier molecular flexibility index (Phi) is 5.28. The highest BCUT2D eigenvalue weighted by Crippen LogP contribution is 2.49. The van der Waals surface area contributed by atoms with Crippen molar-refractivity contribution < 1.29 is 18.8 Å². The van der Waals surface area contributed by atoms with Crippen LogP contribution in [0.3, 0.4) is 0 Å². The number of hydrogen-bond donors (Lipinski definition) is 0. The van der Waals surface area contributed by atoms with Crippen LogP contribution in [0.2, 0.25) is 19.6 Å². The van der Waals surface area contributed by atoms with Gasteiger partial charge in [0.15, 0.2) is 19.9 Å². The summed E-state index contributed by atoms with van der Waals surface area (Å²) in [5.41, 5.74) is 2.29. The lowest BCUT2D eigenvalue weighted by Crippen LogP contribution is -2.48. The molecular formula is C25H28O4Si. The fourth-order valence-corrected chi connectivity index (χ4v) is 5.79. The van der Waals surface area contributed by atoms with Gasteiger partial charge in [-0.25, -0.2) is 0 Å². The topological polar surface area (TPSA) is 52.6 Å². The zero-order chi connectivity index (χ0) is 21.5. The maximum atomic E-state index is 13.5.